The molecular weight excluding hydrogens is 327 g/mol. The second kappa shape index (κ2) is 6.47. The van der Waals surface area contributed by atoms with E-state index in [1.54, 1.807) is 12.1 Å². The summed E-state index contributed by atoms with van der Waals surface area (Å²) in [6, 6.07) is 15.0. The number of hydrogen-bond acceptors (Lipinski definition) is 2. The molecule has 1 aliphatic heterocycles. The molecule has 138 valence electrons. The first-order valence-corrected chi connectivity index (χ1v) is 9.57. The van der Waals surface area contributed by atoms with Crippen LogP contribution in [0.1, 0.15) is 45.3 Å². The highest BCUT2D eigenvalue weighted by Crippen LogP contribution is 2.53. The Morgan fingerprint density at radius 2 is 1.54 bits per heavy atom. The summed E-state index contributed by atoms with van der Waals surface area (Å²) in [6.07, 6.45) is 1.70. The number of aliphatic hydroxyl groups excluding tert-OH is 1. The van der Waals surface area contributed by atoms with Crippen molar-refractivity contribution in [3.05, 3.63) is 59.9 Å². The molecule has 2 nitrogen and oxygen atoms in total. The SMILES string of the molecule is C[C@H]1[C@H]2C[C@@H](C[C@@H]1O)C(C)(C)O[C@H]2c1ccc(-c2ccc(F)cc2)cc1. The summed E-state index contributed by atoms with van der Waals surface area (Å²) in [5.41, 5.74) is 3.01. The van der Waals surface area contributed by atoms with E-state index >= 15 is 0 Å². The van der Waals surface area contributed by atoms with Gasteiger partial charge in [-0.1, -0.05) is 43.3 Å². The van der Waals surface area contributed by atoms with Crippen LogP contribution in [-0.2, 0) is 4.74 Å². The van der Waals surface area contributed by atoms with E-state index in [2.05, 4.69) is 45.0 Å². The number of halogens is 1. The molecule has 0 unspecified atom stereocenters. The Balaban J connectivity index is 1.62. The van der Waals surface area contributed by atoms with Crippen LogP contribution in [-0.4, -0.2) is 16.8 Å². The summed E-state index contributed by atoms with van der Waals surface area (Å²) in [5, 5.41) is 10.5. The van der Waals surface area contributed by atoms with Crippen molar-refractivity contribution in [2.45, 2.75) is 51.4 Å². The molecule has 0 amide bonds. The quantitative estimate of drug-likeness (QED) is 0.786. The van der Waals surface area contributed by atoms with E-state index < -0.39 is 0 Å². The van der Waals surface area contributed by atoms with Crippen molar-refractivity contribution in [3.63, 3.8) is 0 Å². The van der Waals surface area contributed by atoms with E-state index in [1.807, 2.05) is 0 Å². The lowest BCUT2D eigenvalue weighted by Gasteiger charge is -2.53. The van der Waals surface area contributed by atoms with Crippen LogP contribution in [0.4, 0.5) is 4.39 Å². The van der Waals surface area contributed by atoms with Crippen molar-refractivity contribution in [2.75, 3.05) is 0 Å². The fraction of sp³-hybridized carbons (Fsp3) is 0.478. The van der Waals surface area contributed by atoms with Gasteiger partial charge < -0.3 is 9.84 Å². The van der Waals surface area contributed by atoms with Crippen LogP contribution < -0.4 is 0 Å². The molecule has 1 heterocycles. The summed E-state index contributed by atoms with van der Waals surface area (Å²) in [5.74, 6) is 0.772. The Bertz CT molecular complexity index is 766. The summed E-state index contributed by atoms with van der Waals surface area (Å²) >= 11 is 0. The van der Waals surface area contributed by atoms with Gasteiger partial charge in [-0.2, -0.15) is 0 Å². The monoisotopic (exact) mass is 354 g/mol. The van der Waals surface area contributed by atoms with Crippen LogP contribution in [0.2, 0.25) is 0 Å². The molecule has 3 heteroatoms. The van der Waals surface area contributed by atoms with Crippen molar-refractivity contribution in [1.29, 1.82) is 0 Å². The number of rotatable bonds is 2. The lowest BCUT2D eigenvalue weighted by Crippen LogP contribution is -2.52. The first-order valence-electron chi connectivity index (χ1n) is 9.57. The number of hydrogen-bond donors (Lipinski definition) is 1. The molecule has 1 aliphatic carbocycles. The number of fused-ring (bicyclic) bond motifs is 2. The van der Waals surface area contributed by atoms with Crippen molar-refractivity contribution < 1.29 is 14.2 Å². The highest BCUT2D eigenvalue weighted by Gasteiger charge is 2.50. The van der Waals surface area contributed by atoms with Crippen molar-refractivity contribution in [2.24, 2.45) is 17.8 Å². The fourth-order valence-corrected chi connectivity index (χ4v) is 4.73. The summed E-state index contributed by atoms with van der Waals surface area (Å²) in [7, 11) is 0. The molecule has 0 aromatic heterocycles. The van der Waals surface area contributed by atoms with E-state index in [-0.39, 0.29) is 29.5 Å². The van der Waals surface area contributed by atoms with Crippen LogP contribution in [0.15, 0.2) is 48.5 Å². The Morgan fingerprint density at radius 3 is 2.15 bits per heavy atom. The van der Waals surface area contributed by atoms with E-state index in [9.17, 15) is 9.50 Å². The maximum absolute atomic E-state index is 13.1. The van der Waals surface area contributed by atoms with Crippen LogP contribution in [0.3, 0.4) is 0 Å². The molecule has 0 radical (unpaired) electrons. The van der Waals surface area contributed by atoms with Gasteiger partial charge in [0.15, 0.2) is 0 Å². The van der Waals surface area contributed by atoms with E-state index in [4.69, 9.17) is 4.74 Å². The first kappa shape index (κ1) is 17.7. The minimum absolute atomic E-state index is 0.00784. The summed E-state index contributed by atoms with van der Waals surface area (Å²) < 4.78 is 19.7. The van der Waals surface area contributed by atoms with Gasteiger partial charge >= 0.3 is 0 Å². The molecule has 1 saturated carbocycles. The average molecular weight is 354 g/mol. The second-order valence-corrected chi connectivity index (χ2v) is 8.53. The molecule has 2 bridgehead atoms. The summed E-state index contributed by atoms with van der Waals surface area (Å²) in [6.45, 7) is 6.44. The van der Waals surface area contributed by atoms with E-state index in [0.29, 0.717) is 11.8 Å². The maximum atomic E-state index is 13.1. The Labute approximate surface area is 155 Å². The molecule has 2 aromatic rings. The van der Waals surface area contributed by atoms with Crippen LogP contribution in [0, 0.1) is 23.6 Å². The molecule has 2 aromatic carbocycles. The Kier molecular flexibility index (Phi) is 4.40. The smallest absolute Gasteiger partial charge is 0.123 e. The van der Waals surface area contributed by atoms with Crippen molar-refractivity contribution >= 4 is 0 Å². The van der Waals surface area contributed by atoms with Gasteiger partial charge in [0.25, 0.3) is 0 Å². The maximum Gasteiger partial charge on any atom is 0.123 e. The predicted octanol–water partition coefficient (Wildman–Crippen LogP) is 5.37. The highest BCUT2D eigenvalue weighted by atomic mass is 19.1. The van der Waals surface area contributed by atoms with Crippen LogP contribution in [0.25, 0.3) is 11.1 Å². The Morgan fingerprint density at radius 1 is 0.962 bits per heavy atom. The molecule has 5 atom stereocenters. The normalized spacial score (nSPS) is 33.0. The molecule has 26 heavy (non-hydrogen) atoms. The van der Waals surface area contributed by atoms with Gasteiger partial charge in [-0.15, -0.1) is 0 Å². The molecule has 4 rings (SSSR count). The molecule has 1 saturated heterocycles. The summed E-state index contributed by atoms with van der Waals surface area (Å²) in [4.78, 5) is 0. The van der Waals surface area contributed by atoms with Gasteiger partial charge in [-0.3, -0.25) is 0 Å². The fourth-order valence-electron chi connectivity index (χ4n) is 4.73. The van der Waals surface area contributed by atoms with Crippen LogP contribution in [0.5, 0.6) is 0 Å². The topological polar surface area (TPSA) is 29.5 Å². The third kappa shape index (κ3) is 3.08. The molecule has 2 fully saturated rings. The third-order valence-corrected chi connectivity index (χ3v) is 6.58. The number of benzene rings is 2. The van der Waals surface area contributed by atoms with E-state index in [1.165, 1.54) is 12.1 Å². The zero-order chi connectivity index (χ0) is 18.5. The standard InChI is InChI=1S/C23H27FO2/c1-14-20-12-18(13-21(14)25)23(2,3)26-22(20)17-6-4-15(5-7-17)16-8-10-19(24)11-9-16/h4-11,14,18,20-22,25H,12-13H2,1-3H3/t14-,18-,20+,21-,22-/m0/s1. The van der Waals surface area contributed by atoms with Gasteiger partial charge in [-0.25, -0.2) is 4.39 Å². The lowest BCUT2D eigenvalue weighted by atomic mass is 9.63. The predicted molar refractivity (Wildman–Crippen MR) is 101 cm³/mol. The molecule has 1 N–H and O–H groups in total. The van der Waals surface area contributed by atoms with E-state index in [0.717, 1.165) is 29.5 Å². The zero-order valence-corrected chi connectivity index (χ0v) is 15.7. The third-order valence-electron chi connectivity index (χ3n) is 6.58. The second-order valence-electron chi connectivity index (χ2n) is 8.53. The largest absolute Gasteiger partial charge is 0.393 e. The first-order chi connectivity index (χ1) is 12.3. The van der Waals surface area contributed by atoms with Gasteiger partial charge in [-0.05, 0) is 73.3 Å². The highest BCUT2D eigenvalue weighted by molar-refractivity contribution is 5.63. The van der Waals surface area contributed by atoms with Gasteiger partial charge in [0, 0.05) is 0 Å². The van der Waals surface area contributed by atoms with Gasteiger partial charge in [0.2, 0.25) is 0 Å². The minimum atomic E-state index is -0.247. The molecule has 2 aliphatic rings. The molecule has 0 spiro atoms. The van der Waals surface area contributed by atoms with Crippen LogP contribution >= 0.6 is 0 Å². The minimum Gasteiger partial charge on any atom is -0.393 e. The molecular formula is C23H27FO2. The van der Waals surface area contributed by atoms with Crippen molar-refractivity contribution in [1.82, 2.24) is 0 Å². The lowest BCUT2D eigenvalue weighted by molar-refractivity contribution is -0.215. The van der Waals surface area contributed by atoms with Gasteiger partial charge in [0.05, 0.1) is 17.8 Å². The number of ether oxygens (including phenoxy) is 1. The zero-order valence-electron chi connectivity index (χ0n) is 15.7. The number of aliphatic hydroxyl groups is 1. The van der Waals surface area contributed by atoms with Crippen molar-refractivity contribution in [3.8, 4) is 11.1 Å². The van der Waals surface area contributed by atoms with Gasteiger partial charge in [0.1, 0.15) is 5.82 Å². The average Bonchev–Trinajstić information content (AvgIpc) is 2.62. The Hall–Kier alpha value is -1.71.